The zero-order valence-corrected chi connectivity index (χ0v) is 11.4. The van der Waals surface area contributed by atoms with Gasteiger partial charge >= 0.3 is 0 Å². The number of hydrogen-bond donors (Lipinski definition) is 2. The molecule has 0 aromatic carbocycles. The summed E-state index contributed by atoms with van der Waals surface area (Å²) in [6, 6.07) is 0. The van der Waals surface area contributed by atoms with Crippen LogP contribution in [0.25, 0.3) is 0 Å². The molecule has 0 amide bonds. The van der Waals surface area contributed by atoms with E-state index in [1.165, 1.54) is 25.7 Å². The number of aromatic nitrogens is 2. The van der Waals surface area contributed by atoms with Gasteiger partial charge in [-0.3, -0.25) is 0 Å². The van der Waals surface area contributed by atoms with Crippen molar-refractivity contribution in [2.45, 2.75) is 32.6 Å². The average Bonchev–Trinajstić information content (AvgIpc) is 2.83. The molecule has 5 heteroatoms. The molecule has 0 radical (unpaired) electrons. The van der Waals surface area contributed by atoms with Gasteiger partial charge in [0.05, 0.1) is 7.11 Å². The summed E-state index contributed by atoms with van der Waals surface area (Å²) in [6.45, 7) is 3.27. The summed E-state index contributed by atoms with van der Waals surface area (Å²) in [5.41, 5.74) is 0.385. The Morgan fingerprint density at radius 2 is 1.94 bits per heavy atom. The molecular formula is C13H22N4O. The highest BCUT2D eigenvalue weighted by molar-refractivity contribution is 5.63. The van der Waals surface area contributed by atoms with Crippen LogP contribution >= 0.6 is 0 Å². The standard InChI is InChI=1S/C13H22N4O/c1-13(6-4-5-7-13)8-15-12-10(18-3)11(14-2)16-9-17-12/h9H,4-8H2,1-3H3,(H2,14,15,16,17). The Bertz CT molecular complexity index is 402. The van der Waals surface area contributed by atoms with E-state index in [2.05, 4.69) is 27.5 Å². The third-order valence-electron chi connectivity index (χ3n) is 3.74. The van der Waals surface area contributed by atoms with E-state index in [0.29, 0.717) is 17.0 Å². The van der Waals surface area contributed by atoms with E-state index in [4.69, 9.17) is 4.74 Å². The van der Waals surface area contributed by atoms with Crippen LogP contribution in [0.15, 0.2) is 6.33 Å². The Balaban J connectivity index is 2.09. The lowest BCUT2D eigenvalue weighted by Crippen LogP contribution is -2.23. The lowest BCUT2D eigenvalue weighted by Gasteiger charge is -2.24. The van der Waals surface area contributed by atoms with Crippen LogP contribution in [0.1, 0.15) is 32.6 Å². The van der Waals surface area contributed by atoms with Crippen molar-refractivity contribution in [1.29, 1.82) is 0 Å². The van der Waals surface area contributed by atoms with Gasteiger partial charge in [-0.25, -0.2) is 9.97 Å². The fourth-order valence-corrected chi connectivity index (χ4v) is 2.57. The molecule has 0 saturated heterocycles. The van der Waals surface area contributed by atoms with Gasteiger partial charge in [0.25, 0.3) is 0 Å². The highest BCUT2D eigenvalue weighted by Crippen LogP contribution is 2.38. The lowest BCUT2D eigenvalue weighted by molar-refractivity contribution is 0.359. The number of nitrogens with one attached hydrogen (secondary N) is 2. The van der Waals surface area contributed by atoms with Crippen molar-refractivity contribution >= 4 is 11.6 Å². The Morgan fingerprint density at radius 3 is 2.56 bits per heavy atom. The maximum atomic E-state index is 5.37. The molecule has 1 aliphatic carbocycles. The maximum Gasteiger partial charge on any atom is 0.204 e. The van der Waals surface area contributed by atoms with Gasteiger partial charge in [-0.15, -0.1) is 0 Å². The first-order chi connectivity index (χ1) is 8.68. The molecule has 0 aliphatic heterocycles. The Kier molecular flexibility index (Phi) is 3.89. The first-order valence-electron chi connectivity index (χ1n) is 6.49. The van der Waals surface area contributed by atoms with Gasteiger partial charge in [-0.05, 0) is 18.3 Å². The maximum absolute atomic E-state index is 5.37. The van der Waals surface area contributed by atoms with Crippen molar-refractivity contribution in [2.75, 3.05) is 31.3 Å². The lowest BCUT2D eigenvalue weighted by atomic mass is 9.89. The minimum atomic E-state index is 0.385. The first kappa shape index (κ1) is 12.9. The number of nitrogens with zero attached hydrogens (tertiary/aromatic N) is 2. The molecule has 2 N–H and O–H groups in total. The Labute approximate surface area is 108 Å². The second kappa shape index (κ2) is 5.42. The molecule has 1 aromatic rings. The molecular weight excluding hydrogens is 228 g/mol. The Hall–Kier alpha value is -1.52. The van der Waals surface area contributed by atoms with Crippen molar-refractivity contribution in [3.05, 3.63) is 6.33 Å². The summed E-state index contributed by atoms with van der Waals surface area (Å²) in [7, 11) is 3.47. The van der Waals surface area contributed by atoms with Gasteiger partial charge < -0.3 is 15.4 Å². The predicted molar refractivity (Wildman–Crippen MR) is 73.2 cm³/mol. The van der Waals surface area contributed by atoms with Crippen LogP contribution < -0.4 is 15.4 Å². The third-order valence-corrected chi connectivity index (χ3v) is 3.74. The van der Waals surface area contributed by atoms with Crippen LogP contribution in [-0.2, 0) is 0 Å². The van der Waals surface area contributed by atoms with Crippen molar-refractivity contribution < 1.29 is 4.74 Å². The van der Waals surface area contributed by atoms with Crippen LogP contribution in [0.3, 0.4) is 0 Å². The number of hydrogen-bond acceptors (Lipinski definition) is 5. The van der Waals surface area contributed by atoms with Crippen LogP contribution in [0.5, 0.6) is 5.75 Å². The fraction of sp³-hybridized carbons (Fsp3) is 0.692. The highest BCUT2D eigenvalue weighted by atomic mass is 16.5. The van der Waals surface area contributed by atoms with Crippen LogP contribution in [-0.4, -0.2) is 30.7 Å². The van der Waals surface area contributed by atoms with Gasteiger partial charge in [0.1, 0.15) is 6.33 Å². The van der Waals surface area contributed by atoms with E-state index >= 15 is 0 Å². The average molecular weight is 250 g/mol. The summed E-state index contributed by atoms with van der Waals surface area (Å²) >= 11 is 0. The second-order valence-corrected chi connectivity index (χ2v) is 5.23. The molecule has 1 fully saturated rings. The van der Waals surface area contributed by atoms with Gasteiger partial charge in [-0.2, -0.15) is 0 Å². The molecule has 2 rings (SSSR count). The molecule has 1 heterocycles. The summed E-state index contributed by atoms with van der Waals surface area (Å²) in [4.78, 5) is 8.40. The van der Waals surface area contributed by atoms with E-state index in [1.54, 1.807) is 13.4 Å². The summed E-state index contributed by atoms with van der Waals surface area (Å²) < 4.78 is 5.37. The molecule has 5 nitrogen and oxygen atoms in total. The molecule has 1 saturated carbocycles. The zero-order valence-electron chi connectivity index (χ0n) is 11.4. The van der Waals surface area contributed by atoms with Gasteiger partial charge in [0, 0.05) is 13.6 Å². The minimum Gasteiger partial charge on any atom is -0.490 e. The van der Waals surface area contributed by atoms with E-state index in [0.717, 1.165) is 12.4 Å². The van der Waals surface area contributed by atoms with E-state index in [9.17, 15) is 0 Å². The van der Waals surface area contributed by atoms with Crippen LogP contribution in [0.4, 0.5) is 11.6 Å². The molecule has 1 aromatic heterocycles. The molecule has 1 aliphatic rings. The third kappa shape index (κ3) is 2.66. The van der Waals surface area contributed by atoms with Crippen molar-refractivity contribution in [3.8, 4) is 5.75 Å². The molecule has 18 heavy (non-hydrogen) atoms. The number of ether oxygens (including phenoxy) is 1. The molecule has 100 valence electrons. The van der Waals surface area contributed by atoms with Gasteiger partial charge in [0.2, 0.25) is 5.75 Å². The topological polar surface area (TPSA) is 59.1 Å². The van der Waals surface area contributed by atoms with Crippen molar-refractivity contribution in [1.82, 2.24) is 9.97 Å². The zero-order chi connectivity index (χ0) is 13.0. The SMILES string of the molecule is CNc1ncnc(NCC2(C)CCCC2)c1OC. The molecule has 0 spiro atoms. The quantitative estimate of drug-likeness (QED) is 0.841. The summed E-state index contributed by atoms with van der Waals surface area (Å²) in [6.07, 6.45) is 6.79. The number of anilines is 2. The molecule has 0 unspecified atom stereocenters. The fourth-order valence-electron chi connectivity index (χ4n) is 2.57. The monoisotopic (exact) mass is 250 g/mol. The minimum absolute atomic E-state index is 0.385. The van der Waals surface area contributed by atoms with Crippen molar-refractivity contribution in [2.24, 2.45) is 5.41 Å². The summed E-state index contributed by atoms with van der Waals surface area (Å²) in [5, 5.41) is 6.41. The normalized spacial score (nSPS) is 17.5. The van der Waals surface area contributed by atoms with Crippen LogP contribution in [0, 0.1) is 5.41 Å². The van der Waals surface area contributed by atoms with Gasteiger partial charge in [0.15, 0.2) is 11.6 Å². The van der Waals surface area contributed by atoms with Gasteiger partial charge in [-0.1, -0.05) is 19.8 Å². The van der Waals surface area contributed by atoms with E-state index in [1.807, 2.05) is 7.05 Å². The molecule has 0 atom stereocenters. The highest BCUT2D eigenvalue weighted by Gasteiger charge is 2.28. The molecule has 0 bridgehead atoms. The Morgan fingerprint density at radius 1 is 1.28 bits per heavy atom. The second-order valence-electron chi connectivity index (χ2n) is 5.23. The first-order valence-corrected chi connectivity index (χ1v) is 6.49. The smallest absolute Gasteiger partial charge is 0.204 e. The predicted octanol–water partition coefficient (Wildman–Crippen LogP) is 2.52. The van der Waals surface area contributed by atoms with Crippen molar-refractivity contribution in [3.63, 3.8) is 0 Å². The van der Waals surface area contributed by atoms with E-state index < -0.39 is 0 Å². The van der Waals surface area contributed by atoms with E-state index in [-0.39, 0.29) is 0 Å². The summed E-state index contributed by atoms with van der Waals surface area (Å²) in [5.74, 6) is 2.16. The largest absolute Gasteiger partial charge is 0.490 e. The number of methoxy groups -OCH3 is 1. The van der Waals surface area contributed by atoms with Crippen LogP contribution in [0.2, 0.25) is 0 Å². The number of rotatable bonds is 5.